The van der Waals surface area contributed by atoms with Crippen LogP contribution in [-0.2, 0) is 0 Å². The molecule has 2 aromatic rings. The number of hydrogen-bond acceptors (Lipinski definition) is 5. The van der Waals surface area contributed by atoms with Crippen LogP contribution in [0.5, 0.6) is 5.75 Å². The number of benzene rings is 1. The van der Waals surface area contributed by atoms with E-state index in [-0.39, 0.29) is 12.5 Å². The van der Waals surface area contributed by atoms with Crippen molar-refractivity contribution in [3.8, 4) is 5.75 Å². The predicted octanol–water partition coefficient (Wildman–Crippen LogP) is 2.14. The molecule has 0 radical (unpaired) electrons. The Morgan fingerprint density at radius 1 is 1.23 bits per heavy atom. The first-order valence-corrected chi connectivity index (χ1v) is 6.99. The van der Waals surface area contributed by atoms with E-state index in [1.165, 1.54) is 0 Å². The number of carbonyl (C=O) groups excluding carboxylic acids is 1. The molecule has 1 aromatic carbocycles. The number of nitrogens with zero attached hydrogens (tertiary/aromatic N) is 1. The van der Waals surface area contributed by atoms with Crippen molar-refractivity contribution in [2.75, 3.05) is 30.9 Å². The van der Waals surface area contributed by atoms with Crippen LogP contribution in [0.25, 0.3) is 0 Å². The van der Waals surface area contributed by atoms with E-state index in [0.717, 1.165) is 0 Å². The number of amides is 1. The van der Waals surface area contributed by atoms with E-state index in [2.05, 4.69) is 15.6 Å². The number of rotatable bonds is 7. The Kier molecular flexibility index (Phi) is 5.73. The molecule has 3 N–H and O–H groups in total. The fourth-order valence-corrected chi connectivity index (χ4v) is 1.81. The molecule has 1 aromatic heterocycles. The second kappa shape index (κ2) is 7.99. The second-order valence-corrected chi connectivity index (χ2v) is 4.62. The van der Waals surface area contributed by atoms with Crippen LogP contribution < -0.4 is 15.4 Å². The van der Waals surface area contributed by atoms with Crippen molar-refractivity contribution in [1.29, 1.82) is 0 Å². The number of aliphatic hydroxyl groups excluding tert-OH is 1. The Hall–Kier alpha value is -2.60. The van der Waals surface area contributed by atoms with Crippen LogP contribution in [0.4, 0.5) is 11.5 Å². The van der Waals surface area contributed by atoms with E-state index in [9.17, 15) is 4.79 Å². The molecule has 0 saturated carbocycles. The van der Waals surface area contributed by atoms with Crippen LogP contribution >= 0.6 is 0 Å². The first kappa shape index (κ1) is 15.8. The molecule has 0 unspecified atom stereocenters. The van der Waals surface area contributed by atoms with Gasteiger partial charge in [-0.05, 0) is 42.8 Å². The van der Waals surface area contributed by atoms with Crippen molar-refractivity contribution in [2.45, 2.75) is 6.42 Å². The number of anilines is 2. The first-order valence-electron chi connectivity index (χ1n) is 6.99. The number of nitrogens with one attached hydrogen (secondary N) is 2. The van der Waals surface area contributed by atoms with E-state index in [4.69, 9.17) is 9.84 Å². The second-order valence-electron chi connectivity index (χ2n) is 4.62. The molecule has 6 nitrogen and oxygen atoms in total. The maximum atomic E-state index is 12.1. The largest absolute Gasteiger partial charge is 0.497 e. The number of ether oxygens (including phenoxy) is 1. The van der Waals surface area contributed by atoms with Gasteiger partial charge in [0.25, 0.3) is 5.91 Å². The third kappa shape index (κ3) is 4.46. The fourth-order valence-electron chi connectivity index (χ4n) is 1.81. The fraction of sp³-hybridized carbons (Fsp3) is 0.250. The molecule has 1 amide bonds. The van der Waals surface area contributed by atoms with Crippen molar-refractivity contribution in [2.24, 2.45) is 0 Å². The van der Waals surface area contributed by atoms with E-state index in [1.807, 2.05) is 0 Å². The standard InChI is InChI=1S/C16H19N3O3/c1-22-14-6-3-12(4-7-14)16(21)19-13-5-8-15(18-11-13)17-9-2-10-20/h3-8,11,20H,2,9-10H2,1H3,(H,17,18)(H,19,21). The highest BCUT2D eigenvalue weighted by Crippen LogP contribution is 2.14. The summed E-state index contributed by atoms with van der Waals surface area (Å²) in [4.78, 5) is 16.3. The maximum absolute atomic E-state index is 12.1. The average Bonchev–Trinajstić information content (AvgIpc) is 2.57. The molecule has 0 saturated heterocycles. The smallest absolute Gasteiger partial charge is 0.255 e. The third-order valence-corrected chi connectivity index (χ3v) is 3.01. The lowest BCUT2D eigenvalue weighted by molar-refractivity contribution is 0.102. The number of hydrogen-bond donors (Lipinski definition) is 3. The van der Waals surface area contributed by atoms with Crippen molar-refractivity contribution >= 4 is 17.4 Å². The molecule has 1 heterocycles. The van der Waals surface area contributed by atoms with Crippen molar-refractivity contribution in [3.05, 3.63) is 48.2 Å². The quantitative estimate of drug-likeness (QED) is 0.682. The van der Waals surface area contributed by atoms with Gasteiger partial charge in [-0.25, -0.2) is 4.98 Å². The Balaban J connectivity index is 1.93. The Morgan fingerprint density at radius 2 is 2.00 bits per heavy atom. The molecule has 0 atom stereocenters. The summed E-state index contributed by atoms with van der Waals surface area (Å²) in [6, 6.07) is 10.4. The van der Waals surface area contributed by atoms with E-state index in [1.54, 1.807) is 49.7 Å². The summed E-state index contributed by atoms with van der Waals surface area (Å²) in [6.07, 6.45) is 2.25. The average molecular weight is 301 g/mol. The van der Waals surface area contributed by atoms with Gasteiger partial charge in [-0.1, -0.05) is 0 Å². The van der Waals surface area contributed by atoms with Gasteiger partial charge < -0.3 is 20.5 Å². The molecule has 0 aliphatic carbocycles. The molecule has 0 bridgehead atoms. The minimum absolute atomic E-state index is 0.142. The highest BCUT2D eigenvalue weighted by Gasteiger charge is 2.06. The van der Waals surface area contributed by atoms with Crippen LogP contribution in [0.3, 0.4) is 0 Å². The molecular weight excluding hydrogens is 282 g/mol. The predicted molar refractivity (Wildman–Crippen MR) is 85.4 cm³/mol. The lowest BCUT2D eigenvalue weighted by Gasteiger charge is -2.08. The highest BCUT2D eigenvalue weighted by atomic mass is 16.5. The number of carbonyl (C=O) groups is 1. The molecule has 116 valence electrons. The summed E-state index contributed by atoms with van der Waals surface area (Å²) in [5.74, 6) is 1.21. The van der Waals surface area contributed by atoms with Crippen LogP contribution in [0.15, 0.2) is 42.6 Å². The van der Waals surface area contributed by atoms with Gasteiger partial charge in [0.1, 0.15) is 11.6 Å². The summed E-state index contributed by atoms with van der Waals surface area (Å²) in [5.41, 5.74) is 1.17. The lowest BCUT2D eigenvalue weighted by Crippen LogP contribution is -2.12. The number of methoxy groups -OCH3 is 1. The van der Waals surface area contributed by atoms with E-state index >= 15 is 0 Å². The normalized spacial score (nSPS) is 10.1. The monoisotopic (exact) mass is 301 g/mol. The molecule has 6 heteroatoms. The Bertz CT molecular complexity index is 597. The van der Waals surface area contributed by atoms with E-state index in [0.29, 0.717) is 35.8 Å². The first-order chi connectivity index (χ1) is 10.7. The molecular formula is C16H19N3O3. The van der Waals surface area contributed by atoms with Crippen LogP contribution in [0.1, 0.15) is 16.8 Å². The van der Waals surface area contributed by atoms with Crippen molar-refractivity contribution < 1.29 is 14.6 Å². The van der Waals surface area contributed by atoms with Gasteiger partial charge in [-0.3, -0.25) is 4.79 Å². The number of aromatic nitrogens is 1. The van der Waals surface area contributed by atoms with E-state index < -0.39 is 0 Å². The van der Waals surface area contributed by atoms with Crippen LogP contribution in [0.2, 0.25) is 0 Å². The maximum Gasteiger partial charge on any atom is 0.255 e. The van der Waals surface area contributed by atoms with Gasteiger partial charge >= 0.3 is 0 Å². The summed E-state index contributed by atoms with van der Waals surface area (Å²) >= 11 is 0. The summed E-state index contributed by atoms with van der Waals surface area (Å²) in [7, 11) is 1.58. The van der Waals surface area contributed by atoms with Gasteiger partial charge in [0.05, 0.1) is 19.0 Å². The Morgan fingerprint density at radius 3 is 2.59 bits per heavy atom. The van der Waals surface area contributed by atoms with Crippen LogP contribution in [0, 0.1) is 0 Å². The van der Waals surface area contributed by atoms with Crippen LogP contribution in [-0.4, -0.2) is 36.3 Å². The summed E-state index contributed by atoms with van der Waals surface area (Å²) < 4.78 is 5.06. The molecule has 0 aliphatic rings. The molecule has 2 rings (SSSR count). The molecule has 0 fully saturated rings. The van der Waals surface area contributed by atoms with Gasteiger partial charge in [0.2, 0.25) is 0 Å². The lowest BCUT2D eigenvalue weighted by atomic mass is 10.2. The van der Waals surface area contributed by atoms with Gasteiger partial charge in [0, 0.05) is 18.7 Å². The van der Waals surface area contributed by atoms with Gasteiger partial charge in [0.15, 0.2) is 0 Å². The number of pyridine rings is 1. The van der Waals surface area contributed by atoms with Crippen molar-refractivity contribution in [3.63, 3.8) is 0 Å². The molecule has 0 spiro atoms. The minimum atomic E-state index is -0.203. The van der Waals surface area contributed by atoms with Gasteiger partial charge in [-0.2, -0.15) is 0 Å². The molecule has 0 aliphatic heterocycles. The zero-order chi connectivity index (χ0) is 15.8. The minimum Gasteiger partial charge on any atom is -0.497 e. The zero-order valence-corrected chi connectivity index (χ0v) is 12.4. The topological polar surface area (TPSA) is 83.5 Å². The zero-order valence-electron chi connectivity index (χ0n) is 12.4. The molecule has 22 heavy (non-hydrogen) atoms. The SMILES string of the molecule is COc1ccc(C(=O)Nc2ccc(NCCCO)nc2)cc1. The number of aliphatic hydroxyl groups is 1. The summed E-state index contributed by atoms with van der Waals surface area (Å²) in [5, 5.41) is 14.6. The Labute approximate surface area is 129 Å². The van der Waals surface area contributed by atoms with Crippen molar-refractivity contribution in [1.82, 2.24) is 4.98 Å². The summed E-state index contributed by atoms with van der Waals surface area (Å²) in [6.45, 7) is 0.796. The highest BCUT2D eigenvalue weighted by molar-refractivity contribution is 6.04. The third-order valence-electron chi connectivity index (χ3n) is 3.01. The van der Waals surface area contributed by atoms with Gasteiger partial charge in [-0.15, -0.1) is 0 Å².